The fraction of sp³-hybridized carbons (Fsp3) is 0.0588. The van der Waals surface area contributed by atoms with Crippen LogP contribution in [-0.2, 0) is 9.59 Å². The summed E-state index contributed by atoms with van der Waals surface area (Å²) in [7, 11) is 0. The first kappa shape index (κ1) is 16.2. The highest BCUT2D eigenvalue weighted by Gasteiger charge is 2.11. The number of carbonyl (C=O) groups is 2. The van der Waals surface area contributed by atoms with Gasteiger partial charge in [0.15, 0.2) is 0 Å². The van der Waals surface area contributed by atoms with Crippen LogP contribution in [0, 0.1) is 3.57 Å². The summed E-state index contributed by atoms with van der Waals surface area (Å²) in [5.41, 5.74) is 1.72. The van der Waals surface area contributed by atoms with Crippen LogP contribution in [0.1, 0.15) is 12.5 Å². The van der Waals surface area contributed by atoms with E-state index >= 15 is 0 Å². The van der Waals surface area contributed by atoms with Crippen LogP contribution in [0.15, 0.2) is 60.3 Å². The molecule has 0 fully saturated rings. The smallest absolute Gasteiger partial charge is 0.272 e. The van der Waals surface area contributed by atoms with Gasteiger partial charge in [0.2, 0.25) is 5.91 Å². The van der Waals surface area contributed by atoms with Crippen molar-refractivity contribution in [1.29, 1.82) is 0 Å². The van der Waals surface area contributed by atoms with Gasteiger partial charge in [0.25, 0.3) is 5.91 Å². The van der Waals surface area contributed by atoms with Crippen LogP contribution in [0.2, 0.25) is 0 Å². The van der Waals surface area contributed by atoms with Crippen LogP contribution in [0.3, 0.4) is 0 Å². The van der Waals surface area contributed by atoms with Crippen LogP contribution in [0.4, 0.5) is 5.69 Å². The molecule has 112 valence electrons. The fourth-order valence-electron chi connectivity index (χ4n) is 1.83. The second-order valence-electron chi connectivity index (χ2n) is 4.61. The Labute approximate surface area is 142 Å². The molecule has 4 nitrogen and oxygen atoms in total. The van der Waals surface area contributed by atoms with E-state index in [0.717, 1.165) is 9.13 Å². The van der Waals surface area contributed by atoms with Crippen molar-refractivity contribution in [2.45, 2.75) is 6.92 Å². The van der Waals surface area contributed by atoms with Gasteiger partial charge >= 0.3 is 0 Å². The van der Waals surface area contributed by atoms with Crippen LogP contribution < -0.4 is 10.6 Å². The molecule has 5 heteroatoms. The average Bonchev–Trinajstić information content (AvgIpc) is 2.47. The van der Waals surface area contributed by atoms with E-state index < -0.39 is 0 Å². The first-order valence-electron chi connectivity index (χ1n) is 6.66. The zero-order valence-electron chi connectivity index (χ0n) is 12.0. The van der Waals surface area contributed by atoms with Gasteiger partial charge in [-0.05, 0) is 52.4 Å². The van der Waals surface area contributed by atoms with Crippen molar-refractivity contribution in [3.05, 3.63) is 69.4 Å². The highest BCUT2D eigenvalue weighted by Crippen LogP contribution is 2.14. The van der Waals surface area contributed by atoms with Crippen LogP contribution in [0.5, 0.6) is 0 Å². The highest BCUT2D eigenvalue weighted by molar-refractivity contribution is 14.1. The van der Waals surface area contributed by atoms with E-state index in [9.17, 15) is 9.59 Å². The van der Waals surface area contributed by atoms with Crippen molar-refractivity contribution in [1.82, 2.24) is 5.32 Å². The quantitative estimate of drug-likeness (QED) is 0.604. The van der Waals surface area contributed by atoms with Gasteiger partial charge in [-0.2, -0.15) is 0 Å². The van der Waals surface area contributed by atoms with Crippen molar-refractivity contribution >= 4 is 46.2 Å². The SMILES string of the molecule is CC(=O)N/C(=C\c1ccccc1)C(=O)Nc1cccc(I)c1. The summed E-state index contributed by atoms with van der Waals surface area (Å²) in [6.45, 7) is 1.37. The maximum absolute atomic E-state index is 12.4. The van der Waals surface area contributed by atoms with Crippen molar-refractivity contribution in [2.75, 3.05) is 5.32 Å². The Morgan fingerprint density at radius 2 is 1.77 bits per heavy atom. The topological polar surface area (TPSA) is 58.2 Å². The molecule has 0 aliphatic rings. The van der Waals surface area contributed by atoms with E-state index in [2.05, 4.69) is 33.2 Å². The largest absolute Gasteiger partial charge is 0.322 e. The summed E-state index contributed by atoms with van der Waals surface area (Å²) >= 11 is 2.17. The minimum atomic E-state index is -0.360. The van der Waals surface area contributed by atoms with E-state index in [-0.39, 0.29) is 17.5 Å². The van der Waals surface area contributed by atoms with Crippen molar-refractivity contribution in [3.63, 3.8) is 0 Å². The molecule has 0 aromatic heterocycles. The van der Waals surface area contributed by atoms with Crippen molar-refractivity contribution in [2.24, 2.45) is 0 Å². The summed E-state index contributed by atoms with van der Waals surface area (Å²) in [6.07, 6.45) is 1.64. The first-order chi connectivity index (χ1) is 10.5. The van der Waals surface area contributed by atoms with Gasteiger partial charge < -0.3 is 10.6 Å². The van der Waals surface area contributed by atoms with E-state index in [1.54, 1.807) is 12.1 Å². The number of amides is 2. The maximum atomic E-state index is 12.4. The Hall–Kier alpha value is -2.15. The third-order valence-corrected chi connectivity index (χ3v) is 3.42. The Kier molecular flexibility index (Phi) is 5.71. The summed E-state index contributed by atoms with van der Waals surface area (Å²) in [4.78, 5) is 23.7. The summed E-state index contributed by atoms with van der Waals surface area (Å²) in [6, 6.07) is 16.8. The molecule has 2 aromatic carbocycles. The zero-order valence-corrected chi connectivity index (χ0v) is 14.1. The molecule has 2 aromatic rings. The number of benzene rings is 2. The molecule has 0 aliphatic carbocycles. The molecule has 0 aliphatic heterocycles. The van der Waals surface area contributed by atoms with Crippen molar-refractivity contribution in [3.8, 4) is 0 Å². The predicted molar refractivity (Wildman–Crippen MR) is 96.0 cm³/mol. The maximum Gasteiger partial charge on any atom is 0.272 e. The van der Waals surface area contributed by atoms with E-state index in [1.165, 1.54) is 6.92 Å². The first-order valence-corrected chi connectivity index (χ1v) is 7.74. The lowest BCUT2D eigenvalue weighted by Crippen LogP contribution is -2.28. The Morgan fingerprint density at radius 1 is 1.05 bits per heavy atom. The Morgan fingerprint density at radius 3 is 2.41 bits per heavy atom. The Bertz CT molecular complexity index is 712. The van der Waals surface area contributed by atoms with Gasteiger partial charge in [0.1, 0.15) is 5.70 Å². The van der Waals surface area contributed by atoms with E-state index in [4.69, 9.17) is 0 Å². The van der Waals surface area contributed by atoms with Gasteiger partial charge in [0, 0.05) is 16.2 Å². The van der Waals surface area contributed by atoms with E-state index in [0.29, 0.717) is 5.69 Å². The van der Waals surface area contributed by atoms with Gasteiger partial charge in [-0.15, -0.1) is 0 Å². The molecular weight excluding hydrogens is 391 g/mol. The minimum absolute atomic E-state index is 0.206. The normalized spacial score (nSPS) is 10.9. The molecule has 0 spiro atoms. The molecule has 0 heterocycles. The van der Waals surface area contributed by atoms with Gasteiger partial charge in [-0.3, -0.25) is 9.59 Å². The van der Waals surface area contributed by atoms with Gasteiger partial charge in [-0.1, -0.05) is 36.4 Å². The third-order valence-electron chi connectivity index (χ3n) is 2.75. The number of hydrogen-bond acceptors (Lipinski definition) is 2. The lowest BCUT2D eigenvalue weighted by molar-refractivity contribution is -0.120. The van der Waals surface area contributed by atoms with E-state index in [1.807, 2.05) is 48.5 Å². The second kappa shape index (κ2) is 7.74. The molecule has 0 atom stereocenters. The molecule has 0 saturated heterocycles. The average molecular weight is 406 g/mol. The molecule has 2 N–H and O–H groups in total. The molecule has 0 bridgehead atoms. The van der Waals surface area contributed by atoms with Crippen LogP contribution in [0.25, 0.3) is 6.08 Å². The monoisotopic (exact) mass is 406 g/mol. The number of nitrogens with one attached hydrogen (secondary N) is 2. The standard InChI is InChI=1S/C17H15IN2O2/c1-12(21)19-16(10-13-6-3-2-4-7-13)17(22)20-15-9-5-8-14(18)11-15/h2-11H,1H3,(H,19,21)(H,20,22)/b16-10-. The van der Waals surface area contributed by atoms with Crippen LogP contribution in [-0.4, -0.2) is 11.8 Å². The molecule has 0 unspecified atom stereocenters. The van der Waals surface area contributed by atoms with Crippen LogP contribution >= 0.6 is 22.6 Å². The number of halogens is 1. The Balaban J connectivity index is 2.23. The molecule has 2 amide bonds. The third kappa shape index (κ3) is 5.00. The lowest BCUT2D eigenvalue weighted by Gasteiger charge is -2.10. The molecule has 0 radical (unpaired) electrons. The number of anilines is 1. The number of hydrogen-bond donors (Lipinski definition) is 2. The summed E-state index contributed by atoms with van der Waals surface area (Å²) < 4.78 is 1.02. The molecular formula is C17H15IN2O2. The van der Waals surface area contributed by atoms with Crippen molar-refractivity contribution < 1.29 is 9.59 Å². The lowest BCUT2D eigenvalue weighted by atomic mass is 10.2. The van der Waals surface area contributed by atoms with Gasteiger partial charge in [0.05, 0.1) is 0 Å². The van der Waals surface area contributed by atoms with Gasteiger partial charge in [-0.25, -0.2) is 0 Å². The number of rotatable bonds is 4. The molecule has 2 rings (SSSR count). The highest BCUT2D eigenvalue weighted by atomic mass is 127. The predicted octanol–water partition coefficient (Wildman–Crippen LogP) is 3.41. The zero-order chi connectivity index (χ0) is 15.9. The minimum Gasteiger partial charge on any atom is -0.322 e. The summed E-state index contributed by atoms with van der Waals surface area (Å²) in [5.74, 6) is -0.652. The number of carbonyl (C=O) groups excluding carboxylic acids is 2. The molecule has 0 saturated carbocycles. The fourth-order valence-corrected chi connectivity index (χ4v) is 2.37. The second-order valence-corrected chi connectivity index (χ2v) is 5.86. The summed E-state index contributed by atoms with van der Waals surface area (Å²) in [5, 5.41) is 5.35. The molecule has 22 heavy (non-hydrogen) atoms.